The van der Waals surface area contributed by atoms with Gasteiger partial charge in [-0.3, -0.25) is 0 Å². The van der Waals surface area contributed by atoms with Crippen LogP contribution in [0.5, 0.6) is 0 Å². The van der Waals surface area contributed by atoms with Crippen molar-refractivity contribution in [1.29, 1.82) is 0 Å². The quantitative estimate of drug-likeness (QED) is 0.250. The van der Waals surface area contributed by atoms with E-state index in [0.717, 1.165) is 19.3 Å². The van der Waals surface area contributed by atoms with Crippen LogP contribution in [-0.4, -0.2) is 30.8 Å². The molecule has 0 aromatic carbocycles. The van der Waals surface area contributed by atoms with Crippen LogP contribution >= 0.6 is 0 Å². The molecule has 26 heavy (non-hydrogen) atoms. The highest BCUT2D eigenvalue weighted by atomic mass is 16.9. The predicted octanol–water partition coefficient (Wildman–Crippen LogP) is 6.02. The van der Waals surface area contributed by atoms with Gasteiger partial charge in [0, 0.05) is 5.92 Å². The maximum absolute atomic E-state index is 6.33. The van der Waals surface area contributed by atoms with Crippen LogP contribution in [0.25, 0.3) is 0 Å². The molecule has 0 aliphatic heterocycles. The Morgan fingerprint density at radius 1 is 0.654 bits per heavy atom. The molecule has 0 aromatic heterocycles. The summed E-state index contributed by atoms with van der Waals surface area (Å²) in [6, 6.07) is 0. The third-order valence-electron chi connectivity index (χ3n) is 4.36. The molecular weight excluding hydrogens is 326 g/mol. The largest absolute Gasteiger partial charge is 0.330 e. The lowest BCUT2D eigenvalue weighted by Gasteiger charge is -2.43. The van der Waals surface area contributed by atoms with Crippen molar-refractivity contribution in [2.45, 2.75) is 131 Å². The van der Waals surface area contributed by atoms with Gasteiger partial charge in [-0.15, -0.1) is 0 Å². The van der Waals surface area contributed by atoms with E-state index in [4.69, 9.17) is 19.9 Å². The monoisotopic (exact) mass is 373 g/mol. The first-order chi connectivity index (χ1) is 12.3. The summed E-state index contributed by atoms with van der Waals surface area (Å²) in [6.07, 6.45) is 10.8. The Labute approximate surface area is 163 Å². The van der Waals surface area contributed by atoms with Gasteiger partial charge in [0.2, 0.25) is 0 Å². The van der Waals surface area contributed by atoms with Crippen LogP contribution in [-0.2, 0) is 14.2 Å². The average Bonchev–Trinajstić information content (AvgIpc) is 2.51. The summed E-state index contributed by atoms with van der Waals surface area (Å²) in [5, 5.41) is 0. The molecule has 0 spiro atoms. The molecular formula is C22H47NO3. The SMILES string of the molecule is CCCCCCCCC(CCCN)C(OC(C)C)(OC(C)C)OC(C)C. The summed E-state index contributed by atoms with van der Waals surface area (Å²) < 4.78 is 19.0. The van der Waals surface area contributed by atoms with E-state index in [1.54, 1.807) is 0 Å². The van der Waals surface area contributed by atoms with Crippen molar-refractivity contribution in [1.82, 2.24) is 0 Å². The molecule has 0 aromatic rings. The van der Waals surface area contributed by atoms with Crippen molar-refractivity contribution in [2.24, 2.45) is 11.7 Å². The van der Waals surface area contributed by atoms with Crippen LogP contribution in [0.3, 0.4) is 0 Å². The van der Waals surface area contributed by atoms with Gasteiger partial charge in [-0.1, -0.05) is 45.4 Å². The van der Waals surface area contributed by atoms with Gasteiger partial charge in [-0.25, -0.2) is 0 Å². The molecule has 1 atom stereocenters. The first kappa shape index (κ1) is 25.8. The highest BCUT2D eigenvalue weighted by Crippen LogP contribution is 2.36. The fraction of sp³-hybridized carbons (Fsp3) is 1.00. The maximum atomic E-state index is 6.33. The molecule has 158 valence electrons. The van der Waals surface area contributed by atoms with Crippen molar-refractivity contribution in [3.63, 3.8) is 0 Å². The van der Waals surface area contributed by atoms with E-state index in [9.17, 15) is 0 Å². The van der Waals surface area contributed by atoms with E-state index in [-0.39, 0.29) is 24.2 Å². The summed E-state index contributed by atoms with van der Waals surface area (Å²) in [4.78, 5) is 0. The predicted molar refractivity (Wildman–Crippen MR) is 111 cm³/mol. The highest BCUT2D eigenvalue weighted by molar-refractivity contribution is 4.76. The summed E-state index contributed by atoms with van der Waals surface area (Å²) in [6.45, 7) is 15.2. The molecule has 0 aliphatic carbocycles. The fourth-order valence-corrected chi connectivity index (χ4v) is 3.39. The molecule has 4 heteroatoms. The van der Waals surface area contributed by atoms with Gasteiger partial charge in [-0.2, -0.15) is 0 Å². The van der Waals surface area contributed by atoms with E-state index < -0.39 is 5.97 Å². The Morgan fingerprint density at radius 3 is 1.50 bits per heavy atom. The Bertz CT molecular complexity index is 292. The number of rotatable bonds is 17. The first-order valence-corrected chi connectivity index (χ1v) is 11.0. The molecule has 0 fully saturated rings. The average molecular weight is 374 g/mol. The van der Waals surface area contributed by atoms with Crippen LogP contribution in [0.1, 0.15) is 106 Å². The van der Waals surface area contributed by atoms with E-state index in [2.05, 4.69) is 6.92 Å². The Kier molecular flexibility index (Phi) is 14.8. The van der Waals surface area contributed by atoms with Crippen molar-refractivity contribution < 1.29 is 14.2 Å². The fourth-order valence-electron chi connectivity index (χ4n) is 3.39. The zero-order valence-electron chi connectivity index (χ0n) is 18.7. The van der Waals surface area contributed by atoms with Gasteiger partial charge in [0.25, 0.3) is 5.97 Å². The minimum absolute atomic E-state index is 0.0393. The lowest BCUT2D eigenvalue weighted by atomic mass is 9.92. The minimum atomic E-state index is -0.977. The normalized spacial score (nSPS) is 14.0. The Balaban J connectivity index is 5.19. The lowest BCUT2D eigenvalue weighted by Crippen LogP contribution is -2.51. The van der Waals surface area contributed by atoms with Crippen molar-refractivity contribution in [2.75, 3.05) is 6.54 Å². The second kappa shape index (κ2) is 14.8. The van der Waals surface area contributed by atoms with Crippen molar-refractivity contribution >= 4 is 0 Å². The Morgan fingerprint density at radius 2 is 1.08 bits per heavy atom. The molecule has 0 aliphatic rings. The second-order valence-corrected chi connectivity index (χ2v) is 8.29. The standard InChI is InChI=1S/C22H47NO3/c1-8-9-10-11-12-13-15-21(16-14-17-23)22(24-18(2)3,25-19(4)5)26-20(6)7/h18-21H,8-17,23H2,1-7H3. The summed E-state index contributed by atoms with van der Waals surface area (Å²) in [5.74, 6) is -0.779. The van der Waals surface area contributed by atoms with Crippen LogP contribution in [0, 0.1) is 5.92 Å². The minimum Gasteiger partial charge on any atom is -0.330 e. The molecule has 2 N–H and O–H groups in total. The first-order valence-electron chi connectivity index (χ1n) is 11.0. The molecule has 0 saturated carbocycles. The molecule has 1 unspecified atom stereocenters. The number of ether oxygens (including phenoxy) is 3. The van der Waals surface area contributed by atoms with Crippen LogP contribution in [0.15, 0.2) is 0 Å². The number of unbranched alkanes of at least 4 members (excludes halogenated alkanes) is 5. The molecule has 0 radical (unpaired) electrons. The summed E-state index contributed by atoms with van der Waals surface area (Å²) in [7, 11) is 0. The van der Waals surface area contributed by atoms with Gasteiger partial charge in [-0.05, 0) is 67.3 Å². The summed E-state index contributed by atoms with van der Waals surface area (Å²) >= 11 is 0. The van der Waals surface area contributed by atoms with Crippen LogP contribution < -0.4 is 5.73 Å². The maximum Gasteiger partial charge on any atom is 0.286 e. The van der Waals surface area contributed by atoms with Gasteiger partial charge < -0.3 is 19.9 Å². The Hall–Kier alpha value is -0.160. The van der Waals surface area contributed by atoms with Crippen molar-refractivity contribution in [3.05, 3.63) is 0 Å². The van der Waals surface area contributed by atoms with E-state index in [0.29, 0.717) is 6.54 Å². The number of hydrogen-bond acceptors (Lipinski definition) is 4. The third kappa shape index (κ3) is 11.5. The van der Waals surface area contributed by atoms with E-state index in [1.807, 2.05) is 41.5 Å². The van der Waals surface area contributed by atoms with Gasteiger partial charge in [0.1, 0.15) is 0 Å². The third-order valence-corrected chi connectivity index (χ3v) is 4.36. The number of hydrogen-bond donors (Lipinski definition) is 1. The molecule has 4 nitrogen and oxygen atoms in total. The van der Waals surface area contributed by atoms with Crippen LogP contribution in [0.4, 0.5) is 0 Å². The van der Waals surface area contributed by atoms with E-state index in [1.165, 1.54) is 38.5 Å². The zero-order chi connectivity index (χ0) is 20.0. The molecule has 0 amide bonds. The zero-order valence-corrected chi connectivity index (χ0v) is 18.7. The molecule has 0 bridgehead atoms. The van der Waals surface area contributed by atoms with Crippen molar-refractivity contribution in [3.8, 4) is 0 Å². The molecule has 0 saturated heterocycles. The van der Waals surface area contributed by atoms with Gasteiger partial charge in [0.05, 0.1) is 18.3 Å². The summed E-state index contributed by atoms with van der Waals surface area (Å²) in [5.41, 5.74) is 5.81. The highest BCUT2D eigenvalue weighted by Gasteiger charge is 2.44. The lowest BCUT2D eigenvalue weighted by molar-refractivity contribution is -0.433. The van der Waals surface area contributed by atoms with Gasteiger partial charge in [0.15, 0.2) is 0 Å². The van der Waals surface area contributed by atoms with Crippen LogP contribution in [0.2, 0.25) is 0 Å². The van der Waals surface area contributed by atoms with Gasteiger partial charge >= 0.3 is 0 Å². The molecule has 0 heterocycles. The topological polar surface area (TPSA) is 53.7 Å². The van der Waals surface area contributed by atoms with E-state index >= 15 is 0 Å². The smallest absolute Gasteiger partial charge is 0.286 e. The second-order valence-electron chi connectivity index (χ2n) is 8.29. The molecule has 0 rings (SSSR count). The number of nitrogens with two attached hydrogens (primary N) is 1.